The molecule has 0 spiro atoms. The number of carbonyl (C=O) groups excluding carboxylic acids is 2. The van der Waals surface area contributed by atoms with Gasteiger partial charge < -0.3 is 19.7 Å². The number of aromatic nitrogens is 1. The van der Waals surface area contributed by atoms with E-state index in [4.69, 9.17) is 9.47 Å². The third kappa shape index (κ3) is 4.42. The largest absolute Gasteiger partial charge is 0.454 e. The number of benzene rings is 1. The molecule has 160 valence electrons. The van der Waals surface area contributed by atoms with Crippen LogP contribution in [0.4, 0.5) is 5.69 Å². The summed E-state index contributed by atoms with van der Waals surface area (Å²) in [5.74, 6) is 1.26. The van der Waals surface area contributed by atoms with Gasteiger partial charge in [0.1, 0.15) is 5.01 Å². The van der Waals surface area contributed by atoms with Crippen LogP contribution in [0.3, 0.4) is 0 Å². The first-order valence-electron chi connectivity index (χ1n) is 10.1. The number of carbonyl (C=O) groups is 2. The van der Waals surface area contributed by atoms with Crippen LogP contribution in [0.1, 0.15) is 18.5 Å². The van der Waals surface area contributed by atoms with Gasteiger partial charge in [-0.1, -0.05) is 0 Å². The maximum absolute atomic E-state index is 12.7. The lowest BCUT2D eigenvalue weighted by Crippen LogP contribution is -2.42. The van der Waals surface area contributed by atoms with Crippen molar-refractivity contribution < 1.29 is 19.1 Å². The Labute approximate surface area is 187 Å². The summed E-state index contributed by atoms with van der Waals surface area (Å²) in [7, 11) is 0. The molecule has 31 heavy (non-hydrogen) atoms. The van der Waals surface area contributed by atoms with E-state index in [1.807, 2.05) is 27.8 Å². The molecule has 2 amide bonds. The first-order valence-corrected chi connectivity index (χ1v) is 11.9. The molecule has 0 atom stereocenters. The molecule has 1 N–H and O–H groups in total. The second-order valence-corrected chi connectivity index (χ2v) is 9.18. The lowest BCUT2D eigenvalue weighted by molar-refractivity contribution is -0.133. The number of piperidine rings is 1. The number of nitrogens with zero attached hydrogens (tertiary/aromatic N) is 2. The number of nitrogens with one attached hydrogen (secondary N) is 1. The van der Waals surface area contributed by atoms with Crippen molar-refractivity contribution in [2.24, 2.45) is 5.92 Å². The zero-order chi connectivity index (χ0) is 21.2. The highest BCUT2D eigenvalue weighted by atomic mass is 32.1. The number of thiophene rings is 1. The molecule has 0 aliphatic carbocycles. The molecular weight excluding hydrogens is 434 g/mol. The van der Waals surface area contributed by atoms with Gasteiger partial charge in [0.05, 0.1) is 12.1 Å². The Kier molecular flexibility index (Phi) is 5.61. The minimum absolute atomic E-state index is 0.0223. The number of hydrogen-bond acceptors (Lipinski definition) is 7. The van der Waals surface area contributed by atoms with Crippen LogP contribution < -0.4 is 14.8 Å². The molecule has 5 rings (SSSR count). The lowest BCUT2D eigenvalue weighted by Gasteiger charge is -2.31. The number of amides is 2. The second-order valence-electron chi connectivity index (χ2n) is 7.55. The van der Waals surface area contributed by atoms with E-state index >= 15 is 0 Å². The molecular formula is C22H21N3O4S2. The number of rotatable bonds is 5. The van der Waals surface area contributed by atoms with Gasteiger partial charge in [-0.2, -0.15) is 11.3 Å². The predicted molar refractivity (Wildman–Crippen MR) is 120 cm³/mol. The Balaban J connectivity index is 1.12. The summed E-state index contributed by atoms with van der Waals surface area (Å²) in [5.41, 5.74) is 2.60. The molecule has 4 heterocycles. The standard InChI is InChI=1S/C22H21N3O4S2/c26-20(10-17-12-31-22(24-17)15-5-8-30-11-15)25-6-3-14(4-7-25)21(27)23-16-1-2-18-19(9-16)29-13-28-18/h1-2,5,8-9,11-12,14H,3-4,6-7,10,13H2,(H,23,27). The van der Waals surface area contributed by atoms with E-state index in [0.717, 1.165) is 16.3 Å². The number of likely N-dealkylation sites (tertiary alicyclic amines) is 1. The van der Waals surface area contributed by atoms with Crippen molar-refractivity contribution in [3.63, 3.8) is 0 Å². The van der Waals surface area contributed by atoms with Gasteiger partial charge in [-0.3, -0.25) is 9.59 Å². The fourth-order valence-electron chi connectivity index (χ4n) is 3.78. The molecule has 1 fully saturated rings. The van der Waals surface area contributed by atoms with Crippen LogP contribution in [0.5, 0.6) is 11.5 Å². The van der Waals surface area contributed by atoms with Crippen LogP contribution >= 0.6 is 22.7 Å². The Bertz CT molecular complexity index is 1090. The van der Waals surface area contributed by atoms with Gasteiger partial charge in [0.2, 0.25) is 18.6 Å². The molecule has 3 aromatic rings. The highest BCUT2D eigenvalue weighted by Gasteiger charge is 2.28. The average Bonchev–Trinajstić information content (AvgIpc) is 3.55. The predicted octanol–water partition coefficient (Wildman–Crippen LogP) is 4.02. The third-order valence-electron chi connectivity index (χ3n) is 5.51. The first-order chi connectivity index (χ1) is 15.2. The van der Waals surface area contributed by atoms with Crippen LogP contribution in [0.15, 0.2) is 40.4 Å². The molecule has 0 unspecified atom stereocenters. The molecule has 1 aromatic carbocycles. The Morgan fingerprint density at radius 3 is 2.77 bits per heavy atom. The van der Waals surface area contributed by atoms with Gasteiger partial charge in [-0.15, -0.1) is 11.3 Å². The molecule has 2 aliphatic rings. The summed E-state index contributed by atoms with van der Waals surface area (Å²) in [6.45, 7) is 1.37. The van der Waals surface area contributed by atoms with Crippen LogP contribution in [0, 0.1) is 5.92 Å². The highest BCUT2D eigenvalue weighted by molar-refractivity contribution is 7.14. The van der Waals surface area contributed by atoms with E-state index in [2.05, 4.69) is 15.7 Å². The van der Waals surface area contributed by atoms with Crippen LogP contribution in [-0.4, -0.2) is 41.6 Å². The average molecular weight is 456 g/mol. The van der Waals surface area contributed by atoms with Crippen LogP contribution in [0.2, 0.25) is 0 Å². The third-order valence-corrected chi connectivity index (χ3v) is 7.13. The fourth-order valence-corrected chi connectivity index (χ4v) is 5.32. The van der Waals surface area contributed by atoms with E-state index in [0.29, 0.717) is 49.5 Å². The number of ether oxygens (including phenoxy) is 2. The van der Waals surface area contributed by atoms with Crippen molar-refractivity contribution in [3.8, 4) is 22.1 Å². The number of thiazole rings is 1. The Morgan fingerprint density at radius 2 is 1.97 bits per heavy atom. The number of anilines is 1. The lowest BCUT2D eigenvalue weighted by atomic mass is 9.95. The van der Waals surface area contributed by atoms with Gasteiger partial charge in [0.25, 0.3) is 0 Å². The molecule has 2 aliphatic heterocycles. The Morgan fingerprint density at radius 1 is 1.13 bits per heavy atom. The summed E-state index contributed by atoms with van der Waals surface area (Å²) in [5, 5.41) is 9.94. The van der Waals surface area contributed by atoms with Crippen molar-refractivity contribution >= 4 is 40.2 Å². The summed E-state index contributed by atoms with van der Waals surface area (Å²) < 4.78 is 10.7. The molecule has 0 radical (unpaired) electrons. The van der Waals surface area contributed by atoms with Gasteiger partial charge in [0.15, 0.2) is 11.5 Å². The topological polar surface area (TPSA) is 80.8 Å². The summed E-state index contributed by atoms with van der Waals surface area (Å²) >= 11 is 3.20. The summed E-state index contributed by atoms with van der Waals surface area (Å²) in [4.78, 5) is 31.8. The molecule has 2 aromatic heterocycles. The quantitative estimate of drug-likeness (QED) is 0.629. The molecule has 0 bridgehead atoms. The Hall–Kier alpha value is -2.91. The van der Waals surface area contributed by atoms with Crippen molar-refractivity contribution in [1.82, 2.24) is 9.88 Å². The van der Waals surface area contributed by atoms with Crippen molar-refractivity contribution in [2.45, 2.75) is 19.3 Å². The SMILES string of the molecule is O=C(Nc1ccc2c(c1)OCO2)C1CCN(C(=O)Cc2csc(-c3ccsc3)n2)CC1. The van der Waals surface area contributed by atoms with Crippen molar-refractivity contribution in [1.29, 1.82) is 0 Å². The number of hydrogen-bond donors (Lipinski definition) is 1. The maximum atomic E-state index is 12.7. The fraction of sp³-hybridized carbons (Fsp3) is 0.318. The monoisotopic (exact) mass is 455 g/mol. The highest BCUT2D eigenvalue weighted by Crippen LogP contribution is 2.34. The maximum Gasteiger partial charge on any atom is 0.231 e. The molecule has 7 nitrogen and oxygen atoms in total. The smallest absolute Gasteiger partial charge is 0.231 e. The minimum atomic E-state index is -0.112. The van der Waals surface area contributed by atoms with Crippen molar-refractivity contribution in [3.05, 3.63) is 46.1 Å². The molecule has 9 heteroatoms. The van der Waals surface area contributed by atoms with E-state index in [-0.39, 0.29) is 24.5 Å². The summed E-state index contributed by atoms with van der Waals surface area (Å²) in [6, 6.07) is 7.41. The zero-order valence-electron chi connectivity index (χ0n) is 16.7. The van der Waals surface area contributed by atoms with Gasteiger partial charge in [-0.25, -0.2) is 4.98 Å². The van der Waals surface area contributed by atoms with Crippen molar-refractivity contribution in [2.75, 3.05) is 25.2 Å². The van der Waals surface area contributed by atoms with Gasteiger partial charge in [-0.05, 0) is 36.4 Å². The van der Waals surface area contributed by atoms with Gasteiger partial charge >= 0.3 is 0 Å². The van der Waals surface area contributed by atoms with Crippen LogP contribution in [-0.2, 0) is 16.0 Å². The second kappa shape index (κ2) is 8.68. The van der Waals surface area contributed by atoms with E-state index in [1.54, 1.807) is 34.8 Å². The van der Waals surface area contributed by atoms with E-state index in [9.17, 15) is 9.59 Å². The van der Waals surface area contributed by atoms with Gasteiger partial charge in [0, 0.05) is 47.1 Å². The van der Waals surface area contributed by atoms with Crippen LogP contribution in [0.25, 0.3) is 10.6 Å². The normalized spacial score (nSPS) is 15.8. The number of fused-ring (bicyclic) bond motifs is 1. The molecule has 0 saturated carbocycles. The molecule has 1 saturated heterocycles. The minimum Gasteiger partial charge on any atom is -0.454 e. The van der Waals surface area contributed by atoms with E-state index < -0.39 is 0 Å². The summed E-state index contributed by atoms with van der Waals surface area (Å²) in [6.07, 6.45) is 1.60. The zero-order valence-corrected chi connectivity index (χ0v) is 18.3. The first kappa shape index (κ1) is 20.0. The van der Waals surface area contributed by atoms with E-state index in [1.165, 1.54) is 0 Å².